The molecular formula is C17H26ClN. The third-order valence-corrected chi connectivity index (χ3v) is 4.78. The van der Waals surface area contributed by atoms with Crippen LogP contribution < -0.4 is 5.32 Å². The van der Waals surface area contributed by atoms with E-state index in [-0.39, 0.29) is 0 Å². The Bertz CT molecular complexity index is 404. The van der Waals surface area contributed by atoms with Crippen LogP contribution in [0.5, 0.6) is 0 Å². The van der Waals surface area contributed by atoms with Crippen molar-refractivity contribution in [2.75, 3.05) is 0 Å². The van der Waals surface area contributed by atoms with Gasteiger partial charge in [0.15, 0.2) is 0 Å². The Hall–Kier alpha value is -0.530. The van der Waals surface area contributed by atoms with Gasteiger partial charge in [0.1, 0.15) is 0 Å². The molecule has 1 aliphatic carbocycles. The maximum atomic E-state index is 6.23. The Kier molecular flexibility index (Phi) is 5.29. The minimum Gasteiger partial charge on any atom is -0.311 e. The zero-order valence-electron chi connectivity index (χ0n) is 12.3. The average Bonchev–Trinajstić information content (AvgIpc) is 2.36. The highest BCUT2D eigenvalue weighted by atomic mass is 35.5. The van der Waals surface area contributed by atoms with E-state index in [1.165, 1.54) is 24.8 Å². The predicted octanol–water partition coefficient (Wildman–Crippen LogP) is 4.69. The van der Waals surface area contributed by atoms with E-state index in [0.29, 0.717) is 12.1 Å². The van der Waals surface area contributed by atoms with Gasteiger partial charge in [0.05, 0.1) is 0 Å². The minimum absolute atomic E-state index is 0.487. The zero-order valence-corrected chi connectivity index (χ0v) is 13.1. The number of rotatable bonds is 4. The zero-order chi connectivity index (χ0) is 13.8. The highest BCUT2D eigenvalue weighted by Gasteiger charge is 2.26. The lowest BCUT2D eigenvalue weighted by molar-refractivity contribution is 0.215. The number of halogens is 1. The van der Waals surface area contributed by atoms with Crippen LogP contribution in [-0.2, 0) is 6.42 Å². The molecular weight excluding hydrogens is 254 g/mol. The van der Waals surface area contributed by atoms with Crippen molar-refractivity contribution in [2.24, 2.45) is 11.8 Å². The molecule has 1 saturated carbocycles. The van der Waals surface area contributed by atoms with E-state index < -0.39 is 0 Å². The Balaban J connectivity index is 1.87. The standard InChI is InChI=1S/C17H26ClN/c1-12-8-9-17(13(2)10-12)19-14(3)11-15-6-4-5-7-16(15)18/h4-7,12-14,17,19H,8-11H2,1-3H3. The molecule has 1 aromatic rings. The maximum absolute atomic E-state index is 6.23. The fourth-order valence-electron chi connectivity index (χ4n) is 3.33. The Morgan fingerprint density at radius 2 is 2.00 bits per heavy atom. The smallest absolute Gasteiger partial charge is 0.0438 e. The Morgan fingerprint density at radius 1 is 1.26 bits per heavy atom. The van der Waals surface area contributed by atoms with Gasteiger partial charge in [0.25, 0.3) is 0 Å². The van der Waals surface area contributed by atoms with Crippen LogP contribution in [0.25, 0.3) is 0 Å². The summed E-state index contributed by atoms with van der Waals surface area (Å²) in [5.74, 6) is 1.68. The Labute approximate surface area is 122 Å². The lowest BCUT2D eigenvalue weighted by Crippen LogP contribution is -2.44. The summed E-state index contributed by atoms with van der Waals surface area (Å²) in [5, 5.41) is 4.70. The topological polar surface area (TPSA) is 12.0 Å². The summed E-state index contributed by atoms with van der Waals surface area (Å²) in [6, 6.07) is 9.34. The molecule has 2 rings (SSSR count). The van der Waals surface area contributed by atoms with Crippen molar-refractivity contribution in [1.29, 1.82) is 0 Å². The quantitative estimate of drug-likeness (QED) is 0.843. The third kappa shape index (κ3) is 4.22. The first kappa shape index (κ1) is 14.9. The second kappa shape index (κ2) is 6.76. The Morgan fingerprint density at radius 3 is 2.68 bits per heavy atom. The number of hydrogen-bond donors (Lipinski definition) is 1. The molecule has 0 amide bonds. The van der Waals surface area contributed by atoms with E-state index in [1.807, 2.05) is 12.1 Å². The second-order valence-corrected chi connectivity index (χ2v) is 6.77. The van der Waals surface area contributed by atoms with E-state index in [9.17, 15) is 0 Å². The molecule has 1 nitrogen and oxygen atoms in total. The van der Waals surface area contributed by atoms with E-state index >= 15 is 0 Å². The molecule has 0 bridgehead atoms. The fourth-order valence-corrected chi connectivity index (χ4v) is 3.54. The number of hydrogen-bond acceptors (Lipinski definition) is 1. The van der Waals surface area contributed by atoms with E-state index in [1.54, 1.807) is 0 Å². The van der Waals surface area contributed by atoms with Gasteiger partial charge in [0.2, 0.25) is 0 Å². The molecule has 4 unspecified atom stereocenters. The summed E-state index contributed by atoms with van der Waals surface area (Å²) < 4.78 is 0. The van der Waals surface area contributed by atoms with Crippen LogP contribution in [0.15, 0.2) is 24.3 Å². The number of benzene rings is 1. The maximum Gasteiger partial charge on any atom is 0.0438 e. The first-order chi connectivity index (χ1) is 9.06. The van der Waals surface area contributed by atoms with Gasteiger partial charge in [-0.3, -0.25) is 0 Å². The van der Waals surface area contributed by atoms with Gasteiger partial charge in [-0.2, -0.15) is 0 Å². The molecule has 0 heterocycles. The highest BCUT2D eigenvalue weighted by molar-refractivity contribution is 6.31. The predicted molar refractivity (Wildman–Crippen MR) is 83.7 cm³/mol. The summed E-state index contributed by atoms with van der Waals surface area (Å²) in [4.78, 5) is 0. The molecule has 19 heavy (non-hydrogen) atoms. The average molecular weight is 280 g/mol. The van der Waals surface area contributed by atoms with E-state index in [4.69, 9.17) is 11.6 Å². The summed E-state index contributed by atoms with van der Waals surface area (Å²) in [7, 11) is 0. The number of nitrogens with one attached hydrogen (secondary N) is 1. The molecule has 1 N–H and O–H groups in total. The summed E-state index contributed by atoms with van der Waals surface area (Å²) in [5.41, 5.74) is 1.25. The van der Waals surface area contributed by atoms with Crippen molar-refractivity contribution in [3.8, 4) is 0 Å². The molecule has 2 heteroatoms. The molecule has 106 valence electrons. The van der Waals surface area contributed by atoms with Crippen molar-refractivity contribution in [1.82, 2.24) is 5.32 Å². The second-order valence-electron chi connectivity index (χ2n) is 6.37. The van der Waals surface area contributed by atoms with Gasteiger partial charge >= 0.3 is 0 Å². The van der Waals surface area contributed by atoms with Crippen LogP contribution in [-0.4, -0.2) is 12.1 Å². The van der Waals surface area contributed by atoms with E-state index in [2.05, 4.69) is 38.2 Å². The van der Waals surface area contributed by atoms with Crippen molar-refractivity contribution in [2.45, 2.75) is 58.5 Å². The van der Waals surface area contributed by atoms with E-state index in [0.717, 1.165) is 23.3 Å². The van der Waals surface area contributed by atoms with Crippen molar-refractivity contribution in [3.05, 3.63) is 34.9 Å². The van der Waals surface area contributed by atoms with Crippen molar-refractivity contribution >= 4 is 11.6 Å². The van der Waals surface area contributed by atoms with Crippen LogP contribution in [0.3, 0.4) is 0 Å². The molecule has 0 spiro atoms. The summed E-state index contributed by atoms with van der Waals surface area (Å²) >= 11 is 6.23. The molecule has 0 radical (unpaired) electrons. The summed E-state index contributed by atoms with van der Waals surface area (Å²) in [6.45, 7) is 7.03. The van der Waals surface area contributed by atoms with Gasteiger partial charge in [-0.15, -0.1) is 0 Å². The molecule has 1 aromatic carbocycles. The van der Waals surface area contributed by atoms with Crippen LogP contribution in [0.1, 0.15) is 45.6 Å². The lowest BCUT2D eigenvalue weighted by Gasteiger charge is -2.35. The largest absolute Gasteiger partial charge is 0.311 e. The third-order valence-electron chi connectivity index (χ3n) is 4.41. The normalized spacial score (nSPS) is 29.2. The van der Waals surface area contributed by atoms with Crippen molar-refractivity contribution in [3.63, 3.8) is 0 Å². The minimum atomic E-state index is 0.487. The highest BCUT2D eigenvalue weighted by Crippen LogP contribution is 2.29. The molecule has 4 atom stereocenters. The van der Waals surface area contributed by atoms with Gasteiger partial charge in [-0.05, 0) is 56.1 Å². The fraction of sp³-hybridized carbons (Fsp3) is 0.647. The molecule has 0 aromatic heterocycles. The van der Waals surface area contributed by atoms with Gasteiger partial charge in [0, 0.05) is 17.1 Å². The molecule has 0 saturated heterocycles. The van der Waals surface area contributed by atoms with Gasteiger partial charge in [-0.25, -0.2) is 0 Å². The lowest BCUT2D eigenvalue weighted by atomic mass is 9.79. The first-order valence-corrected chi connectivity index (χ1v) is 7.93. The molecule has 0 aliphatic heterocycles. The van der Waals surface area contributed by atoms with Crippen LogP contribution in [0.4, 0.5) is 0 Å². The monoisotopic (exact) mass is 279 g/mol. The van der Waals surface area contributed by atoms with Crippen LogP contribution >= 0.6 is 11.6 Å². The van der Waals surface area contributed by atoms with Gasteiger partial charge in [-0.1, -0.05) is 43.6 Å². The SMILES string of the molecule is CC1CCC(NC(C)Cc2ccccc2Cl)C(C)C1. The van der Waals surface area contributed by atoms with Crippen LogP contribution in [0, 0.1) is 11.8 Å². The van der Waals surface area contributed by atoms with Crippen LogP contribution in [0.2, 0.25) is 5.02 Å². The van der Waals surface area contributed by atoms with Crippen molar-refractivity contribution < 1.29 is 0 Å². The first-order valence-electron chi connectivity index (χ1n) is 7.55. The van der Waals surface area contributed by atoms with Gasteiger partial charge < -0.3 is 5.32 Å². The molecule has 1 fully saturated rings. The molecule has 1 aliphatic rings. The summed E-state index contributed by atoms with van der Waals surface area (Å²) in [6.07, 6.45) is 5.05.